The van der Waals surface area contributed by atoms with Crippen LogP contribution in [0.25, 0.3) is 0 Å². The molecule has 0 atom stereocenters. The Morgan fingerprint density at radius 2 is 2.19 bits per heavy atom. The number of hydrogen-bond donors (Lipinski definition) is 2. The number of methoxy groups -OCH3 is 1. The molecule has 0 aliphatic rings. The molecule has 21 heavy (non-hydrogen) atoms. The van der Waals surface area contributed by atoms with Gasteiger partial charge in [-0.05, 0) is 24.3 Å². The fraction of sp³-hybridized carbons (Fsp3) is 0.200. The van der Waals surface area contributed by atoms with Crippen molar-refractivity contribution in [1.82, 2.24) is 5.16 Å². The van der Waals surface area contributed by atoms with E-state index in [9.17, 15) is 4.79 Å². The Morgan fingerprint density at radius 3 is 2.86 bits per heavy atom. The van der Waals surface area contributed by atoms with Crippen molar-refractivity contribution in [2.45, 2.75) is 6.61 Å². The molecular weight excluding hydrogens is 270 g/mol. The summed E-state index contributed by atoms with van der Waals surface area (Å²) >= 11 is 0. The number of nitrogens with zero attached hydrogens (tertiary/aromatic N) is 1. The molecule has 0 bridgehead atoms. The molecule has 0 unspecified atom stereocenters. The number of ether oxygens (including phenoxy) is 1. The summed E-state index contributed by atoms with van der Waals surface area (Å²) in [6, 6.07) is 8.66. The van der Waals surface area contributed by atoms with Crippen molar-refractivity contribution in [3.05, 3.63) is 47.3 Å². The predicted molar refractivity (Wildman–Crippen MR) is 77.5 cm³/mol. The van der Waals surface area contributed by atoms with E-state index in [1.54, 1.807) is 30.3 Å². The minimum atomic E-state index is -0.345. The van der Waals surface area contributed by atoms with Crippen LogP contribution in [0.1, 0.15) is 21.8 Å². The van der Waals surface area contributed by atoms with E-state index in [2.05, 4.69) is 22.3 Å². The largest absolute Gasteiger partial charge is 0.377 e. The van der Waals surface area contributed by atoms with Gasteiger partial charge in [0.15, 0.2) is 11.5 Å². The van der Waals surface area contributed by atoms with Crippen LogP contribution < -0.4 is 11.1 Å². The third-order valence-corrected chi connectivity index (χ3v) is 2.56. The van der Waals surface area contributed by atoms with Gasteiger partial charge in [-0.1, -0.05) is 17.0 Å². The fourth-order valence-electron chi connectivity index (χ4n) is 1.62. The van der Waals surface area contributed by atoms with E-state index in [1.165, 1.54) is 7.11 Å². The van der Waals surface area contributed by atoms with Crippen LogP contribution in [-0.4, -0.2) is 24.7 Å². The zero-order valence-electron chi connectivity index (χ0n) is 11.6. The lowest BCUT2D eigenvalue weighted by molar-refractivity contribution is 0.101. The highest BCUT2D eigenvalue weighted by Gasteiger charge is 2.12. The molecule has 6 nitrogen and oxygen atoms in total. The molecule has 1 amide bonds. The van der Waals surface area contributed by atoms with Gasteiger partial charge < -0.3 is 20.3 Å². The van der Waals surface area contributed by atoms with Crippen LogP contribution >= 0.6 is 0 Å². The maximum absolute atomic E-state index is 12.0. The predicted octanol–water partition coefficient (Wildman–Crippen LogP) is 1.38. The van der Waals surface area contributed by atoms with Gasteiger partial charge in [-0.25, -0.2) is 0 Å². The summed E-state index contributed by atoms with van der Waals surface area (Å²) in [5.41, 5.74) is 6.99. The summed E-state index contributed by atoms with van der Waals surface area (Å²) < 4.78 is 9.86. The first-order valence-electron chi connectivity index (χ1n) is 6.28. The maximum Gasteiger partial charge on any atom is 0.277 e. The molecule has 0 saturated carbocycles. The first kappa shape index (κ1) is 14.8. The maximum atomic E-state index is 12.0. The zero-order valence-corrected chi connectivity index (χ0v) is 11.6. The molecule has 1 aromatic carbocycles. The molecule has 1 aromatic heterocycles. The molecule has 0 aliphatic heterocycles. The molecule has 2 rings (SSSR count). The molecule has 108 valence electrons. The molecule has 1 heterocycles. The number of nitrogens with one attached hydrogen (secondary N) is 1. The smallest absolute Gasteiger partial charge is 0.277 e. The molecule has 3 N–H and O–H groups in total. The van der Waals surface area contributed by atoms with Crippen LogP contribution in [0, 0.1) is 11.8 Å². The summed E-state index contributed by atoms with van der Waals surface area (Å²) in [7, 11) is 1.54. The summed E-state index contributed by atoms with van der Waals surface area (Å²) in [6.45, 7) is 0.587. The van der Waals surface area contributed by atoms with Gasteiger partial charge in [-0.2, -0.15) is 0 Å². The number of carbonyl (C=O) groups excluding carboxylic acids is 1. The van der Waals surface area contributed by atoms with Crippen molar-refractivity contribution >= 4 is 11.6 Å². The second kappa shape index (κ2) is 7.24. The number of hydrogen-bond acceptors (Lipinski definition) is 5. The Hall–Kier alpha value is -2.62. The molecule has 6 heteroatoms. The Labute approximate surface area is 122 Å². The third kappa shape index (κ3) is 4.18. The van der Waals surface area contributed by atoms with Gasteiger partial charge in [0.1, 0.15) is 6.61 Å². The van der Waals surface area contributed by atoms with E-state index in [-0.39, 0.29) is 18.2 Å². The van der Waals surface area contributed by atoms with Gasteiger partial charge in [-0.15, -0.1) is 0 Å². The molecule has 0 saturated heterocycles. The van der Waals surface area contributed by atoms with Gasteiger partial charge in [-0.3, -0.25) is 4.79 Å². The number of benzene rings is 1. The Bertz CT molecular complexity index is 665. The Kier molecular flexibility index (Phi) is 5.10. The normalized spacial score (nSPS) is 9.81. The molecule has 0 fully saturated rings. The molecular formula is C15H15N3O3. The highest BCUT2D eigenvalue weighted by Crippen LogP contribution is 2.11. The lowest BCUT2D eigenvalue weighted by Gasteiger charge is -2.02. The van der Waals surface area contributed by atoms with E-state index in [1.807, 2.05) is 0 Å². The number of anilines is 1. The van der Waals surface area contributed by atoms with Crippen LogP contribution in [0.4, 0.5) is 5.69 Å². The zero-order chi connectivity index (χ0) is 15.1. The van der Waals surface area contributed by atoms with Crippen molar-refractivity contribution in [2.24, 2.45) is 5.73 Å². The minimum absolute atomic E-state index is 0.203. The van der Waals surface area contributed by atoms with Crippen LogP contribution in [0.2, 0.25) is 0 Å². The lowest BCUT2D eigenvalue weighted by atomic mass is 10.2. The molecule has 0 radical (unpaired) electrons. The number of carbonyl (C=O) groups is 1. The summed E-state index contributed by atoms with van der Waals surface area (Å²) in [5, 5.41) is 6.41. The molecule has 0 spiro atoms. The summed E-state index contributed by atoms with van der Waals surface area (Å²) in [4.78, 5) is 12.0. The summed E-state index contributed by atoms with van der Waals surface area (Å²) in [6.07, 6.45) is 0. The van der Waals surface area contributed by atoms with Crippen molar-refractivity contribution < 1.29 is 14.1 Å². The molecule has 2 aromatic rings. The highest BCUT2D eigenvalue weighted by molar-refractivity contribution is 6.02. The van der Waals surface area contributed by atoms with Crippen LogP contribution in [0.5, 0.6) is 0 Å². The van der Waals surface area contributed by atoms with Gasteiger partial charge in [0.25, 0.3) is 5.91 Å². The quantitative estimate of drug-likeness (QED) is 0.828. The highest BCUT2D eigenvalue weighted by atomic mass is 16.5. The van der Waals surface area contributed by atoms with E-state index < -0.39 is 0 Å². The van der Waals surface area contributed by atoms with E-state index in [0.717, 1.165) is 5.56 Å². The number of amides is 1. The van der Waals surface area contributed by atoms with Crippen molar-refractivity contribution in [3.8, 4) is 11.8 Å². The van der Waals surface area contributed by atoms with Crippen LogP contribution in [-0.2, 0) is 11.3 Å². The number of rotatable bonds is 4. The van der Waals surface area contributed by atoms with Gasteiger partial charge in [0.2, 0.25) is 0 Å². The molecule has 0 aliphatic carbocycles. The number of nitrogens with two attached hydrogens (primary N) is 1. The topological polar surface area (TPSA) is 90.4 Å². The average molecular weight is 285 g/mol. The fourth-order valence-corrected chi connectivity index (χ4v) is 1.62. The van der Waals surface area contributed by atoms with Crippen molar-refractivity contribution in [2.75, 3.05) is 19.0 Å². The Balaban J connectivity index is 2.01. The minimum Gasteiger partial charge on any atom is -0.377 e. The lowest BCUT2D eigenvalue weighted by Crippen LogP contribution is -2.12. The first-order valence-corrected chi connectivity index (χ1v) is 6.28. The summed E-state index contributed by atoms with van der Waals surface area (Å²) in [5.74, 6) is 5.82. The van der Waals surface area contributed by atoms with Crippen LogP contribution in [0.15, 0.2) is 34.9 Å². The number of aromatic nitrogens is 1. The van der Waals surface area contributed by atoms with Gasteiger partial charge in [0, 0.05) is 24.4 Å². The standard InChI is InChI=1S/C15H15N3O3/c1-20-10-13-9-14(18-21-13)15(19)17-12-6-4-11(5-7-12)3-2-8-16/h4-7,9H,8,10,16H2,1H3,(H,17,19). The third-order valence-electron chi connectivity index (χ3n) is 2.56. The Morgan fingerprint density at radius 1 is 1.43 bits per heavy atom. The monoisotopic (exact) mass is 285 g/mol. The van der Waals surface area contributed by atoms with Crippen LogP contribution in [0.3, 0.4) is 0 Å². The van der Waals surface area contributed by atoms with Crippen molar-refractivity contribution in [1.29, 1.82) is 0 Å². The van der Waals surface area contributed by atoms with E-state index >= 15 is 0 Å². The first-order chi connectivity index (χ1) is 10.2. The average Bonchev–Trinajstić information content (AvgIpc) is 2.96. The van der Waals surface area contributed by atoms with Crippen molar-refractivity contribution in [3.63, 3.8) is 0 Å². The SMILES string of the molecule is COCc1cc(C(=O)Nc2ccc(C#CCN)cc2)no1. The van der Waals surface area contributed by atoms with E-state index in [4.69, 9.17) is 15.0 Å². The second-order valence-corrected chi connectivity index (χ2v) is 4.15. The van der Waals surface area contributed by atoms with Gasteiger partial charge in [0.05, 0.1) is 6.54 Å². The van der Waals surface area contributed by atoms with E-state index in [0.29, 0.717) is 18.0 Å². The van der Waals surface area contributed by atoms with Gasteiger partial charge >= 0.3 is 0 Å². The second-order valence-electron chi connectivity index (χ2n) is 4.15.